The van der Waals surface area contributed by atoms with Gasteiger partial charge in [-0.25, -0.2) is 4.79 Å². The number of aromatic carboxylic acids is 1. The van der Waals surface area contributed by atoms with Gasteiger partial charge >= 0.3 is 5.97 Å². The SMILES string of the molecule is CNCc1cccc(C(=O)Nc2sc3c(c2C(=O)O)CC(C)(C)CC3)c1. The third-order valence-corrected chi connectivity index (χ3v) is 5.99. The molecule has 0 saturated heterocycles. The number of carboxylic acids is 1. The molecule has 1 aliphatic carbocycles. The lowest BCUT2D eigenvalue weighted by molar-refractivity contribution is 0.0696. The van der Waals surface area contributed by atoms with Gasteiger partial charge in [0.05, 0.1) is 5.56 Å². The van der Waals surface area contributed by atoms with Crippen molar-refractivity contribution in [1.29, 1.82) is 0 Å². The number of aryl methyl sites for hydroxylation is 1. The second-order valence-corrected chi connectivity index (χ2v) is 8.64. The molecule has 1 aromatic heterocycles. The molecule has 0 unspecified atom stereocenters. The molecule has 1 heterocycles. The Morgan fingerprint density at radius 1 is 1.31 bits per heavy atom. The maximum Gasteiger partial charge on any atom is 0.339 e. The van der Waals surface area contributed by atoms with Crippen molar-refractivity contribution in [2.45, 2.75) is 39.7 Å². The Balaban J connectivity index is 1.90. The van der Waals surface area contributed by atoms with Crippen molar-refractivity contribution in [2.75, 3.05) is 12.4 Å². The summed E-state index contributed by atoms with van der Waals surface area (Å²) in [6.45, 7) is 4.99. The number of amides is 1. The number of hydrogen-bond acceptors (Lipinski definition) is 4. The van der Waals surface area contributed by atoms with E-state index in [0.717, 1.165) is 35.3 Å². The van der Waals surface area contributed by atoms with Gasteiger partial charge in [-0.1, -0.05) is 26.0 Å². The van der Waals surface area contributed by atoms with Gasteiger partial charge in [0.1, 0.15) is 5.00 Å². The molecule has 3 N–H and O–H groups in total. The van der Waals surface area contributed by atoms with Crippen LogP contribution < -0.4 is 10.6 Å². The van der Waals surface area contributed by atoms with Crippen molar-refractivity contribution in [3.8, 4) is 0 Å². The number of anilines is 1. The van der Waals surface area contributed by atoms with E-state index in [0.29, 0.717) is 17.1 Å². The van der Waals surface area contributed by atoms with Gasteiger partial charge in [-0.3, -0.25) is 4.79 Å². The number of hydrogen-bond donors (Lipinski definition) is 3. The first-order valence-corrected chi connectivity index (χ1v) is 9.55. The Morgan fingerprint density at radius 3 is 2.77 bits per heavy atom. The molecular formula is C20H24N2O3S. The van der Waals surface area contributed by atoms with Crippen molar-refractivity contribution in [3.05, 3.63) is 51.4 Å². The van der Waals surface area contributed by atoms with Gasteiger partial charge in [0.25, 0.3) is 5.91 Å². The first-order valence-electron chi connectivity index (χ1n) is 8.73. The summed E-state index contributed by atoms with van der Waals surface area (Å²) in [7, 11) is 1.85. The molecule has 138 valence electrons. The van der Waals surface area contributed by atoms with E-state index in [9.17, 15) is 14.7 Å². The van der Waals surface area contributed by atoms with Crippen LogP contribution in [-0.4, -0.2) is 24.0 Å². The van der Waals surface area contributed by atoms with Gasteiger partial charge in [0.15, 0.2) is 0 Å². The van der Waals surface area contributed by atoms with Crippen LogP contribution in [0, 0.1) is 5.41 Å². The van der Waals surface area contributed by atoms with Crippen LogP contribution in [0.3, 0.4) is 0 Å². The largest absolute Gasteiger partial charge is 0.478 e. The zero-order valence-electron chi connectivity index (χ0n) is 15.3. The minimum atomic E-state index is -0.973. The van der Waals surface area contributed by atoms with E-state index >= 15 is 0 Å². The lowest BCUT2D eigenvalue weighted by atomic mass is 9.76. The number of nitrogens with one attached hydrogen (secondary N) is 2. The van der Waals surface area contributed by atoms with Crippen LogP contribution in [0.15, 0.2) is 24.3 Å². The van der Waals surface area contributed by atoms with E-state index in [1.165, 1.54) is 11.3 Å². The molecule has 0 fully saturated rings. The molecular weight excluding hydrogens is 348 g/mol. The molecule has 1 amide bonds. The third kappa shape index (κ3) is 3.81. The first kappa shape index (κ1) is 18.6. The molecule has 3 rings (SSSR count). The number of carbonyl (C=O) groups is 2. The molecule has 6 heteroatoms. The number of carbonyl (C=O) groups excluding carboxylic acids is 1. The number of carboxylic acid groups (broad SMARTS) is 1. The van der Waals surface area contributed by atoms with Gasteiger partial charge in [0, 0.05) is 17.0 Å². The maximum absolute atomic E-state index is 12.7. The highest BCUT2D eigenvalue weighted by Crippen LogP contribution is 2.43. The normalized spacial score (nSPS) is 15.3. The Labute approximate surface area is 157 Å². The standard InChI is InChI=1S/C20H24N2O3S/c1-20(2)8-7-15-14(10-20)16(19(24)25)18(26-15)22-17(23)13-6-4-5-12(9-13)11-21-3/h4-6,9,21H,7-8,10-11H2,1-3H3,(H,22,23)(H,24,25). The predicted octanol–water partition coefficient (Wildman–Crippen LogP) is 3.93. The first-order chi connectivity index (χ1) is 12.3. The van der Waals surface area contributed by atoms with Gasteiger partial charge in [-0.05, 0) is 55.0 Å². The van der Waals surface area contributed by atoms with Crippen LogP contribution in [0.4, 0.5) is 5.00 Å². The summed E-state index contributed by atoms with van der Waals surface area (Å²) in [5, 5.41) is 16.1. The molecule has 1 aliphatic rings. The van der Waals surface area contributed by atoms with Crippen LogP contribution in [0.25, 0.3) is 0 Å². The quantitative estimate of drug-likeness (QED) is 0.743. The van der Waals surface area contributed by atoms with Gasteiger partial charge < -0.3 is 15.7 Å². The smallest absolute Gasteiger partial charge is 0.339 e. The topological polar surface area (TPSA) is 78.4 Å². The second-order valence-electron chi connectivity index (χ2n) is 7.54. The number of fused-ring (bicyclic) bond motifs is 1. The highest BCUT2D eigenvalue weighted by atomic mass is 32.1. The lowest BCUT2D eigenvalue weighted by Gasteiger charge is -2.29. The molecule has 0 aliphatic heterocycles. The highest BCUT2D eigenvalue weighted by Gasteiger charge is 2.33. The molecule has 0 radical (unpaired) electrons. The van der Waals surface area contributed by atoms with E-state index in [4.69, 9.17) is 0 Å². The zero-order valence-corrected chi connectivity index (χ0v) is 16.1. The minimum Gasteiger partial charge on any atom is -0.478 e. The van der Waals surface area contributed by atoms with Gasteiger partial charge in [-0.15, -0.1) is 11.3 Å². The summed E-state index contributed by atoms with van der Waals surface area (Å²) in [5.41, 5.74) is 2.77. The molecule has 0 bridgehead atoms. The molecule has 0 atom stereocenters. The van der Waals surface area contributed by atoms with Crippen LogP contribution in [0.1, 0.15) is 57.0 Å². The Bertz CT molecular complexity index is 855. The number of benzene rings is 1. The molecule has 0 saturated carbocycles. The average Bonchev–Trinajstić information content (AvgIpc) is 2.91. The van der Waals surface area contributed by atoms with Crippen molar-refractivity contribution in [2.24, 2.45) is 5.41 Å². The third-order valence-electron chi connectivity index (χ3n) is 4.79. The van der Waals surface area contributed by atoms with Crippen LogP contribution in [0.2, 0.25) is 0 Å². The van der Waals surface area contributed by atoms with Gasteiger partial charge in [0.2, 0.25) is 0 Å². The van der Waals surface area contributed by atoms with E-state index in [1.807, 2.05) is 25.2 Å². The van der Waals surface area contributed by atoms with Crippen molar-refractivity contribution in [3.63, 3.8) is 0 Å². The molecule has 0 spiro atoms. The second kappa shape index (κ2) is 7.21. The van der Waals surface area contributed by atoms with Crippen LogP contribution >= 0.6 is 11.3 Å². The minimum absolute atomic E-state index is 0.0844. The molecule has 5 nitrogen and oxygen atoms in total. The summed E-state index contributed by atoms with van der Waals surface area (Å²) in [4.78, 5) is 25.6. The average molecular weight is 372 g/mol. The van der Waals surface area contributed by atoms with E-state index in [2.05, 4.69) is 24.5 Å². The summed E-state index contributed by atoms with van der Waals surface area (Å²) >= 11 is 1.40. The predicted molar refractivity (Wildman–Crippen MR) is 104 cm³/mol. The monoisotopic (exact) mass is 372 g/mol. The summed E-state index contributed by atoms with van der Waals surface area (Å²) in [5.74, 6) is -1.25. The van der Waals surface area contributed by atoms with E-state index < -0.39 is 5.97 Å². The van der Waals surface area contributed by atoms with Gasteiger partial charge in [-0.2, -0.15) is 0 Å². The van der Waals surface area contributed by atoms with Crippen LogP contribution in [-0.2, 0) is 19.4 Å². The summed E-state index contributed by atoms with van der Waals surface area (Å²) in [6, 6.07) is 7.35. The highest BCUT2D eigenvalue weighted by molar-refractivity contribution is 7.17. The van der Waals surface area contributed by atoms with Crippen molar-refractivity contribution in [1.82, 2.24) is 5.32 Å². The lowest BCUT2D eigenvalue weighted by Crippen LogP contribution is -2.22. The van der Waals surface area contributed by atoms with Crippen LogP contribution in [0.5, 0.6) is 0 Å². The zero-order chi connectivity index (χ0) is 18.9. The maximum atomic E-state index is 12.7. The Kier molecular flexibility index (Phi) is 5.16. The fraction of sp³-hybridized carbons (Fsp3) is 0.400. The molecule has 1 aromatic carbocycles. The van der Waals surface area contributed by atoms with Crippen molar-refractivity contribution >= 4 is 28.2 Å². The Hall–Kier alpha value is -2.18. The summed E-state index contributed by atoms with van der Waals surface area (Å²) < 4.78 is 0. The number of thiophene rings is 1. The fourth-order valence-corrected chi connectivity index (χ4v) is 4.64. The summed E-state index contributed by atoms with van der Waals surface area (Å²) in [6.07, 6.45) is 2.62. The molecule has 2 aromatic rings. The fourth-order valence-electron chi connectivity index (χ4n) is 3.44. The van der Waals surface area contributed by atoms with E-state index in [-0.39, 0.29) is 16.9 Å². The van der Waals surface area contributed by atoms with Crippen molar-refractivity contribution < 1.29 is 14.7 Å². The Morgan fingerprint density at radius 2 is 2.08 bits per heavy atom. The molecule has 26 heavy (non-hydrogen) atoms. The van der Waals surface area contributed by atoms with E-state index in [1.54, 1.807) is 6.07 Å². The number of rotatable bonds is 5.